The van der Waals surface area contributed by atoms with Crippen LogP contribution in [0.5, 0.6) is 0 Å². The molecular weight excluding hydrogens is 258 g/mol. The Balaban J connectivity index is 1.67. The molecule has 0 radical (unpaired) electrons. The van der Waals surface area contributed by atoms with Crippen molar-refractivity contribution in [1.82, 2.24) is 15.5 Å². The van der Waals surface area contributed by atoms with Gasteiger partial charge in [-0.2, -0.15) is 0 Å². The Kier molecular flexibility index (Phi) is 3.48. The molecule has 1 aliphatic heterocycles. The number of carbonyl (C=O) groups is 2. The maximum atomic E-state index is 12.6. The van der Waals surface area contributed by atoms with Crippen LogP contribution in [0.3, 0.4) is 0 Å². The topological polar surface area (TPSA) is 74.6 Å². The Morgan fingerprint density at radius 3 is 2.80 bits per heavy atom. The van der Waals surface area contributed by atoms with E-state index < -0.39 is 0 Å². The number of amides is 2. The van der Waals surface area contributed by atoms with E-state index >= 15 is 0 Å². The van der Waals surface area contributed by atoms with Crippen LogP contribution < -0.4 is 10.6 Å². The molecule has 1 aromatic rings. The molecule has 20 heavy (non-hydrogen) atoms. The van der Waals surface area contributed by atoms with Gasteiger partial charge in [-0.15, -0.1) is 0 Å². The average Bonchev–Trinajstić information content (AvgIpc) is 3.19. The van der Waals surface area contributed by atoms with Crippen LogP contribution in [0.1, 0.15) is 24.4 Å². The molecule has 3 rings (SSSR count). The molecule has 1 saturated carbocycles. The number of furan rings is 1. The fourth-order valence-corrected chi connectivity index (χ4v) is 2.45. The molecule has 1 atom stereocenters. The van der Waals surface area contributed by atoms with E-state index in [0.717, 1.165) is 24.4 Å². The molecule has 6 nitrogen and oxygen atoms in total. The highest BCUT2D eigenvalue weighted by molar-refractivity contribution is 5.87. The highest BCUT2D eigenvalue weighted by atomic mass is 16.3. The minimum absolute atomic E-state index is 0.0431. The van der Waals surface area contributed by atoms with Crippen molar-refractivity contribution in [2.45, 2.75) is 38.4 Å². The largest absolute Gasteiger partial charge is 0.464 e. The van der Waals surface area contributed by atoms with Gasteiger partial charge < -0.3 is 14.6 Å². The lowest BCUT2D eigenvalue weighted by molar-refractivity contribution is -0.136. The van der Waals surface area contributed by atoms with Crippen LogP contribution in [0.4, 0.5) is 0 Å². The molecule has 2 N–H and O–H groups in total. The summed E-state index contributed by atoms with van der Waals surface area (Å²) >= 11 is 0. The summed E-state index contributed by atoms with van der Waals surface area (Å²) in [6.45, 7) is 2.96. The Labute approximate surface area is 117 Å². The molecular formula is C14H19N3O3. The van der Waals surface area contributed by atoms with Gasteiger partial charge in [-0.1, -0.05) is 0 Å². The molecule has 2 heterocycles. The van der Waals surface area contributed by atoms with Gasteiger partial charge >= 0.3 is 0 Å². The monoisotopic (exact) mass is 277 g/mol. The molecule has 2 aliphatic rings. The van der Waals surface area contributed by atoms with Crippen LogP contribution in [-0.2, 0) is 16.1 Å². The number of nitrogens with zero attached hydrogens (tertiary/aromatic N) is 1. The van der Waals surface area contributed by atoms with Crippen molar-refractivity contribution >= 4 is 11.8 Å². The van der Waals surface area contributed by atoms with Crippen LogP contribution in [-0.4, -0.2) is 41.9 Å². The van der Waals surface area contributed by atoms with E-state index in [0.29, 0.717) is 19.1 Å². The number of hydrogen-bond donors (Lipinski definition) is 2. The van der Waals surface area contributed by atoms with Gasteiger partial charge in [0, 0.05) is 12.6 Å². The number of hydrogen-bond acceptors (Lipinski definition) is 4. The highest BCUT2D eigenvalue weighted by Crippen LogP contribution is 2.29. The van der Waals surface area contributed by atoms with Crippen molar-refractivity contribution in [2.75, 3.05) is 13.1 Å². The second kappa shape index (κ2) is 5.28. The summed E-state index contributed by atoms with van der Waals surface area (Å²) < 4.78 is 5.56. The Morgan fingerprint density at radius 2 is 2.25 bits per heavy atom. The van der Waals surface area contributed by atoms with Crippen LogP contribution >= 0.6 is 0 Å². The van der Waals surface area contributed by atoms with E-state index in [1.54, 1.807) is 0 Å². The molecule has 0 bridgehead atoms. The van der Waals surface area contributed by atoms with Crippen LogP contribution in [0.25, 0.3) is 0 Å². The van der Waals surface area contributed by atoms with Gasteiger partial charge in [-0.25, -0.2) is 0 Å². The second-order valence-corrected chi connectivity index (χ2v) is 5.45. The summed E-state index contributed by atoms with van der Waals surface area (Å²) in [5.74, 6) is 1.64. The van der Waals surface area contributed by atoms with Gasteiger partial charge in [0.2, 0.25) is 11.8 Å². The van der Waals surface area contributed by atoms with Crippen molar-refractivity contribution in [3.8, 4) is 0 Å². The Morgan fingerprint density at radius 1 is 1.45 bits per heavy atom. The number of piperazine rings is 1. The average molecular weight is 277 g/mol. The molecule has 2 fully saturated rings. The van der Waals surface area contributed by atoms with Crippen LogP contribution in [0, 0.1) is 6.92 Å². The first-order valence-electron chi connectivity index (χ1n) is 6.99. The van der Waals surface area contributed by atoms with Crippen molar-refractivity contribution in [3.63, 3.8) is 0 Å². The first-order valence-corrected chi connectivity index (χ1v) is 6.99. The molecule has 1 aromatic heterocycles. The zero-order valence-electron chi connectivity index (χ0n) is 11.5. The number of nitrogens with one attached hydrogen (secondary N) is 2. The number of aryl methyl sites for hydroxylation is 1. The molecule has 0 aromatic carbocycles. The van der Waals surface area contributed by atoms with Crippen molar-refractivity contribution < 1.29 is 14.0 Å². The summed E-state index contributed by atoms with van der Waals surface area (Å²) in [6.07, 6.45) is 2.09. The lowest BCUT2D eigenvalue weighted by atomic mass is 10.2. The van der Waals surface area contributed by atoms with Gasteiger partial charge in [-0.3, -0.25) is 14.9 Å². The van der Waals surface area contributed by atoms with E-state index in [1.165, 1.54) is 0 Å². The zero-order chi connectivity index (χ0) is 14.1. The van der Waals surface area contributed by atoms with Gasteiger partial charge in [0.25, 0.3) is 0 Å². The van der Waals surface area contributed by atoms with Gasteiger partial charge in [0.15, 0.2) is 0 Å². The first kappa shape index (κ1) is 13.2. The van der Waals surface area contributed by atoms with Gasteiger partial charge in [0.05, 0.1) is 13.1 Å². The summed E-state index contributed by atoms with van der Waals surface area (Å²) in [6, 6.07) is 3.80. The van der Waals surface area contributed by atoms with Crippen LogP contribution in [0.15, 0.2) is 16.5 Å². The third-order valence-corrected chi connectivity index (χ3v) is 3.70. The van der Waals surface area contributed by atoms with Crippen molar-refractivity contribution in [2.24, 2.45) is 0 Å². The summed E-state index contributed by atoms with van der Waals surface area (Å²) in [5.41, 5.74) is 0. The second-order valence-electron chi connectivity index (χ2n) is 5.45. The minimum atomic E-state index is -0.329. The van der Waals surface area contributed by atoms with E-state index in [-0.39, 0.29) is 24.4 Å². The maximum absolute atomic E-state index is 12.6. The zero-order valence-corrected chi connectivity index (χ0v) is 11.5. The van der Waals surface area contributed by atoms with Gasteiger partial charge in [0.1, 0.15) is 17.6 Å². The molecule has 2 amide bonds. The quantitative estimate of drug-likeness (QED) is 0.822. The van der Waals surface area contributed by atoms with E-state index in [4.69, 9.17) is 4.42 Å². The summed E-state index contributed by atoms with van der Waals surface area (Å²) in [7, 11) is 0. The first-order chi connectivity index (χ1) is 9.63. The SMILES string of the molecule is Cc1ccc(CN(C(=O)C2CNC(=O)CN2)C2CC2)o1. The predicted molar refractivity (Wildman–Crippen MR) is 71.8 cm³/mol. The van der Waals surface area contributed by atoms with Crippen molar-refractivity contribution in [1.29, 1.82) is 0 Å². The fourth-order valence-electron chi connectivity index (χ4n) is 2.45. The normalized spacial score (nSPS) is 22.4. The van der Waals surface area contributed by atoms with Crippen LogP contribution in [0.2, 0.25) is 0 Å². The predicted octanol–water partition coefficient (Wildman–Crippen LogP) is 0.167. The standard InChI is InChI=1S/C14H19N3O3/c1-9-2-5-11(20-9)8-17(10-3-4-10)14(19)12-6-16-13(18)7-15-12/h2,5,10,12,15H,3-4,6-8H2,1H3,(H,16,18). The summed E-state index contributed by atoms with van der Waals surface area (Å²) in [4.78, 5) is 25.6. The third-order valence-electron chi connectivity index (χ3n) is 3.70. The molecule has 1 aliphatic carbocycles. The van der Waals surface area contributed by atoms with Crippen molar-refractivity contribution in [3.05, 3.63) is 23.7 Å². The van der Waals surface area contributed by atoms with E-state index in [2.05, 4.69) is 10.6 Å². The lowest BCUT2D eigenvalue weighted by Crippen LogP contribution is -2.58. The Hall–Kier alpha value is -1.82. The summed E-state index contributed by atoms with van der Waals surface area (Å²) in [5, 5.41) is 5.71. The highest BCUT2D eigenvalue weighted by Gasteiger charge is 2.37. The Bertz CT molecular complexity index is 511. The number of rotatable bonds is 4. The molecule has 108 valence electrons. The third kappa shape index (κ3) is 2.85. The molecule has 1 unspecified atom stereocenters. The lowest BCUT2D eigenvalue weighted by Gasteiger charge is -2.29. The molecule has 6 heteroatoms. The van der Waals surface area contributed by atoms with E-state index in [9.17, 15) is 9.59 Å². The van der Waals surface area contributed by atoms with Gasteiger partial charge in [-0.05, 0) is 31.9 Å². The fraction of sp³-hybridized carbons (Fsp3) is 0.571. The molecule has 1 saturated heterocycles. The number of carbonyl (C=O) groups excluding carboxylic acids is 2. The molecule has 0 spiro atoms. The van der Waals surface area contributed by atoms with E-state index in [1.807, 2.05) is 24.0 Å². The minimum Gasteiger partial charge on any atom is -0.464 e. The maximum Gasteiger partial charge on any atom is 0.242 e. The smallest absolute Gasteiger partial charge is 0.242 e.